The first kappa shape index (κ1) is 12.4. The zero-order valence-electron chi connectivity index (χ0n) is 9.41. The summed E-state index contributed by atoms with van der Waals surface area (Å²) in [5.74, 6) is 0.840. The summed E-state index contributed by atoms with van der Waals surface area (Å²) in [4.78, 5) is 8.18. The lowest BCUT2D eigenvalue weighted by atomic mass is 10.2. The minimum atomic E-state index is -0.0104. The van der Waals surface area contributed by atoms with Crippen molar-refractivity contribution < 1.29 is 9.84 Å². The number of hydrogen-bond donors (Lipinski definition) is 2. The normalized spacial score (nSPS) is 10.1. The van der Waals surface area contributed by atoms with Gasteiger partial charge in [0.15, 0.2) is 5.69 Å². The van der Waals surface area contributed by atoms with Crippen molar-refractivity contribution in [3.05, 3.63) is 47.9 Å². The molecule has 3 N–H and O–H groups in total. The van der Waals surface area contributed by atoms with Crippen molar-refractivity contribution in [3.8, 4) is 11.6 Å². The Morgan fingerprint density at radius 3 is 2.50 bits per heavy atom. The molecule has 0 aliphatic heterocycles. The molecule has 1 heterocycles. The highest BCUT2D eigenvalue weighted by Crippen LogP contribution is 2.21. The minimum absolute atomic E-state index is 0.0104. The standard InChI is InChI=1S/C12H11N3O2S/c13-11(18)10-12(15-6-5-14-10)17-9-3-1-8(7-16)2-4-9/h1-6,16H,7H2,(H2,13,18). The molecule has 0 fully saturated rings. The summed E-state index contributed by atoms with van der Waals surface area (Å²) in [5.41, 5.74) is 6.68. The average Bonchev–Trinajstić information content (AvgIpc) is 2.40. The van der Waals surface area contributed by atoms with Crippen LogP contribution in [0.5, 0.6) is 11.6 Å². The number of ether oxygens (including phenoxy) is 1. The van der Waals surface area contributed by atoms with E-state index in [0.29, 0.717) is 11.4 Å². The number of rotatable bonds is 4. The van der Waals surface area contributed by atoms with Gasteiger partial charge in [-0.1, -0.05) is 24.4 Å². The number of aliphatic hydroxyl groups is 1. The molecule has 0 spiro atoms. The first-order valence-corrected chi connectivity index (χ1v) is 5.60. The van der Waals surface area contributed by atoms with Crippen LogP contribution in [-0.4, -0.2) is 20.1 Å². The summed E-state index contributed by atoms with van der Waals surface area (Å²) in [5, 5.41) is 8.94. The summed E-state index contributed by atoms with van der Waals surface area (Å²) < 4.78 is 5.55. The third-order valence-corrected chi connectivity index (χ3v) is 2.41. The second kappa shape index (κ2) is 5.52. The Hall–Kier alpha value is -2.05. The molecule has 5 nitrogen and oxygen atoms in total. The molecule has 92 valence electrons. The van der Waals surface area contributed by atoms with E-state index >= 15 is 0 Å². The number of thiocarbonyl (C=S) groups is 1. The van der Waals surface area contributed by atoms with Crippen LogP contribution >= 0.6 is 12.2 Å². The first-order valence-electron chi connectivity index (χ1n) is 5.19. The van der Waals surface area contributed by atoms with Crippen LogP contribution in [0, 0.1) is 0 Å². The van der Waals surface area contributed by atoms with Gasteiger partial charge in [-0.05, 0) is 17.7 Å². The molecule has 0 aliphatic rings. The summed E-state index contributed by atoms with van der Waals surface area (Å²) in [7, 11) is 0. The fourth-order valence-electron chi connectivity index (χ4n) is 1.34. The van der Waals surface area contributed by atoms with Crippen LogP contribution in [0.4, 0.5) is 0 Å². The molecule has 0 atom stereocenters. The maximum absolute atomic E-state index is 8.94. The number of hydrogen-bond acceptors (Lipinski definition) is 5. The predicted octanol–water partition coefficient (Wildman–Crippen LogP) is 1.40. The van der Waals surface area contributed by atoms with E-state index in [1.54, 1.807) is 24.3 Å². The van der Waals surface area contributed by atoms with E-state index in [0.717, 1.165) is 5.56 Å². The minimum Gasteiger partial charge on any atom is -0.437 e. The van der Waals surface area contributed by atoms with Gasteiger partial charge in [-0.25, -0.2) is 9.97 Å². The smallest absolute Gasteiger partial charge is 0.248 e. The fourth-order valence-corrected chi connectivity index (χ4v) is 1.48. The summed E-state index contributed by atoms with van der Waals surface area (Å²) in [6.45, 7) is -0.0104. The molecule has 0 aliphatic carbocycles. The van der Waals surface area contributed by atoms with Crippen LogP contribution in [0.1, 0.15) is 11.3 Å². The van der Waals surface area contributed by atoms with Crippen molar-refractivity contribution in [2.45, 2.75) is 6.61 Å². The van der Waals surface area contributed by atoms with Gasteiger partial charge >= 0.3 is 0 Å². The molecule has 18 heavy (non-hydrogen) atoms. The second-order valence-electron chi connectivity index (χ2n) is 3.48. The van der Waals surface area contributed by atoms with Gasteiger partial charge in [-0.3, -0.25) is 0 Å². The molecule has 0 amide bonds. The van der Waals surface area contributed by atoms with Crippen molar-refractivity contribution in [1.82, 2.24) is 9.97 Å². The van der Waals surface area contributed by atoms with E-state index in [1.165, 1.54) is 12.4 Å². The Kier molecular flexibility index (Phi) is 3.81. The summed E-state index contributed by atoms with van der Waals surface area (Å²) >= 11 is 4.87. The summed E-state index contributed by atoms with van der Waals surface area (Å²) in [6.07, 6.45) is 3.00. The maximum atomic E-state index is 8.94. The van der Waals surface area contributed by atoms with E-state index < -0.39 is 0 Å². The highest BCUT2D eigenvalue weighted by Gasteiger charge is 2.09. The largest absolute Gasteiger partial charge is 0.437 e. The first-order chi connectivity index (χ1) is 8.70. The Morgan fingerprint density at radius 1 is 1.22 bits per heavy atom. The van der Waals surface area contributed by atoms with Crippen molar-refractivity contribution in [1.29, 1.82) is 0 Å². The molecule has 6 heteroatoms. The number of aromatic nitrogens is 2. The molecule has 2 rings (SSSR count). The van der Waals surface area contributed by atoms with Gasteiger partial charge in [0, 0.05) is 12.4 Å². The molecule has 2 aromatic rings. The lowest BCUT2D eigenvalue weighted by Crippen LogP contribution is -2.13. The Morgan fingerprint density at radius 2 is 1.89 bits per heavy atom. The molecule has 1 aromatic heterocycles. The number of aliphatic hydroxyl groups excluding tert-OH is 1. The maximum Gasteiger partial charge on any atom is 0.248 e. The Bertz CT molecular complexity index is 558. The number of nitrogens with two attached hydrogens (primary N) is 1. The van der Waals surface area contributed by atoms with Crippen LogP contribution in [-0.2, 0) is 6.61 Å². The molecule has 0 saturated carbocycles. The van der Waals surface area contributed by atoms with Gasteiger partial charge in [0.05, 0.1) is 6.61 Å². The lowest BCUT2D eigenvalue weighted by Gasteiger charge is -2.08. The van der Waals surface area contributed by atoms with Crippen LogP contribution in [0.3, 0.4) is 0 Å². The van der Waals surface area contributed by atoms with Gasteiger partial charge in [0.2, 0.25) is 5.88 Å². The van der Waals surface area contributed by atoms with Crippen LogP contribution in [0.2, 0.25) is 0 Å². The monoisotopic (exact) mass is 261 g/mol. The lowest BCUT2D eigenvalue weighted by molar-refractivity contribution is 0.281. The van der Waals surface area contributed by atoms with Crippen molar-refractivity contribution in [3.63, 3.8) is 0 Å². The predicted molar refractivity (Wildman–Crippen MR) is 70.4 cm³/mol. The van der Waals surface area contributed by atoms with E-state index in [-0.39, 0.29) is 17.5 Å². The second-order valence-corrected chi connectivity index (χ2v) is 3.92. The fraction of sp³-hybridized carbons (Fsp3) is 0.0833. The third kappa shape index (κ3) is 2.79. The number of nitrogens with zero attached hydrogens (tertiary/aromatic N) is 2. The molecular weight excluding hydrogens is 250 g/mol. The van der Waals surface area contributed by atoms with E-state index in [4.69, 9.17) is 27.8 Å². The van der Waals surface area contributed by atoms with Gasteiger partial charge in [-0.15, -0.1) is 0 Å². The molecule has 0 saturated heterocycles. The van der Waals surface area contributed by atoms with Crippen LogP contribution in [0.25, 0.3) is 0 Å². The quantitative estimate of drug-likeness (QED) is 0.810. The Balaban J connectivity index is 2.25. The van der Waals surface area contributed by atoms with Crippen molar-refractivity contribution in [2.24, 2.45) is 5.73 Å². The zero-order valence-corrected chi connectivity index (χ0v) is 10.2. The van der Waals surface area contributed by atoms with E-state index in [2.05, 4.69) is 9.97 Å². The van der Waals surface area contributed by atoms with Crippen molar-refractivity contribution >= 4 is 17.2 Å². The molecule has 0 radical (unpaired) electrons. The molecule has 0 unspecified atom stereocenters. The van der Waals surface area contributed by atoms with Crippen molar-refractivity contribution in [2.75, 3.05) is 0 Å². The zero-order chi connectivity index (χ0) is 13.0. The van der Waals surface area contributed by atoms with Gasteiger partial charge in [-0.2, -0.15) is 0 Å². The van der Waals surface area contributed by atoms with E-state index in [1.807, 2.05) is 0 Å². The van der Waals surface area contributed by atoms with Crippen LogP contribution < -0.4 is 10.5 Å². The van der Waals surface area contributed by atoms with Gasteiger partial charge in [0.25, 0.3) is 0 Å². The molecule has 0 bridgehead atoms. The third-order valence-electron chi connectivity index (χ3n) is 2.22. The SMILES string of the molecule is NC(=S)c1nccnc1Oc1ccc(CO)cc1. The van der Waals surface area contributed by atoms with Gasteiger partial charge in [0.1, 0.15) is 10.7 Å². The number of benzene rings is 1. The topological polar surface area (TPSA) is 81.3 Å². The molecular formula is C12H11N3O2S. The summed E-state index contributed by atoms with van der Waals surface area (Å²) in [6, 6.07) is 6.96. The Labute approximate surface area is 109 Å². The average molecular weight is 261 g/mol. The van der Waals surface area contributed by atoms with Gasteiger partial charge < -0.3 is 15.6 Å². The van der Waals surface area contributed by atoms with E-state index in [9.17, 15) is 0 Å². The molecule has 1 aromatic carbocycles. The van der Waals surface area contributed by atoms with Crippen LogP contribution in [0.15, 0.2) is 36.7 Å². The highest BCUT2D eigenvalue weighted by molar-refractivity contribution is 7.80. The highest BCUT2D eigenvalue weighted by atomic mass is 32.1.